The lowest BCUT2D eigenvalue weighted by Gasteiger charge is -2.23. The third kappa shape index (κ3) is 5.55. The Labute approximate surface area is 127 Å². The van der Waals surface area contributed by atoms with Crippen LogP contribution < -0.4 is 15.8 Å². The van der Waals surface area contributed by atoms with Gasteiger partial charge in [-0.2, -0.15) is 13.2 Å². The number of carbonyl (C=O) groups excluding carboxylic acids is 1. The highest BCUT2D eigenvalue weighted by molar-refractivity contribution is 5.97. The summed E-state index contributed by atoms with van der Waals surface area (Å²) < 4.78 is 41.1. The summed E-state index contributed by atoms with van der Waals surface area (Å²) in [6.45, 7) is 3.82. The highest BCUT2D eigenvalue weighted by Crippen LogP contribution is 2.25. The van der Waals surface area contributed by atoms with Crippen molar-refractivity contribution in [2.45, 2.75) is 45.3 Å². The minimum atomic E-state index is -4.39. The van der Waals surface area contributed by atoms with Gasteiger partial charge in [0.2, 0.25) is 5.91 Å². The molecule has 1 aromatic rings. The van der Waals surface area contributed by atoms with Crippen molar-refractivity contribution in [3.05, 3.63) is 23.8 Å². The molecular weight excluding hydrogens is 297 g/mol. The fourth-order valence-corrected chi connectivity index (χ4v) is 1.96. The second kappa shape index (κ2) is 7.00. The van der Waals surface area contributed by atoms with Gasteiger partial charge in [-0.3, -0.25) is 4.79 Å². The highest BCUT2D eigenvalue weighted by atomic mass is 19.4. The number of hydrogen-bond acceptors (Lipinski definition) is 3. The molecule has 124 valence electrons. The molecule has 1 unspecified atom stereocenters. The quantitative estimate of drug-likeness (QED) is 0.845. The second-order valence-corrected chi connectivity index (χ2v) is 5.51. The van der Waals surface area contributed by atoms with Crippen LogP contribution in [0, 0.1) is 6.92 Å². The summed E-state index contributed by atoms with van der Waals surface area (Å²) in [7, 11) is 0. The van der Waals surface area contributed by atoms with Crippen LogP contribution in [0.15, 0.2) is 18.2 Å². The molecular formula is C15H21F3N2O2. The third-order valence-electron chi connectivity index (χ3n) is 3.11. The molecule has 0 aliphatic heterocycles. The number of carbonyl (C=O) groups is 1. The van der Waals surface area contributed by atoms with Gasteiger partial charge in [-0.1, -0.05) is 13.3 Å². The lowest BCUT2D eigenvalue weighted by Crippen LogP contribution is -2.48. The van der Waals surface area contributed by atoms with E-state index < -0.39 is 18.3 Å². The van der Waals surface area contributed by atoms with Gasteiger partial charge in [0.25, 0.3) is 0 Å². The zero-order valence-electron chi connectivity index (χ0n) is 12.9. The number of anilines is 1. The predicted octanol–water partition coefficient (Wildman–Crippen LogP) is 3.39. The van der Waals surface area contributed by atoms with E-state index in [0.29, 0.717) is 17.7 Å². The zero-order chi connectivity index (χ0) is 17.0. The summed E-state index contributed by atoms with van der Waals surface area (Å²) in [4.78, 5) is 12.1. The average Bonchev–Trinajstić information content (AvgIpc) is 2.36. The molecule has 3 N–H and O–H groups in total. The molecule has 1 aromatic carbocycles. The maximum atomic E-state index is 12.1. The summed E-state index contributed by atoms with van der Waals surface area (Å²) in [5.41, 5.74) is 5.89. The Bertz CT molecular complexity index is 528. The summed E-state index contributed by atoms with van der Waals surface area (Å²) >= 11 is 0. The Hall–Kier alpha value is -1.76. The largest absolute Gasteiger partial charge is 0.484 e. The first-order chi connectivity index (χ1) is 10.0. The van der Waals surface area contributed by atoms with E-state index in [0.717, 1.165) is 6.42 Å². The van der Waals surface area contributed by atoms with Crippen LogP contribution in [0.4, 0.5) is 18.9 Å². The number of rotatable bonds is 6. The summed E-state index contributed by atoms with van der Waals surface area (Å²) in [5, 5.41) is 2.67. The molecule has 0 radical (unpaired) electrons. The van der Waals surface area contributed by atoms with Crippen molar-refractivity contribution in [3.8, 4) is 5.75 Å². The first kappa shape index (κ1) is 18.3. The van der Waals surface area contributed by atoms with Gasteiger partial charge in [-0.15, -0.1) is 0 Å². The molecule has 0 spiro atoms. The second-order valence-electron chi connectivity index (χ2n) is 5.51. The molecule has 0 bridgehead atoms. The van der Waals surface area contributed by atoms with Gasteiger partial charge in [-0.25, -0.2) is 0 Å². The van der Waals surface area contributed by atoms with Crippen LogP contribution in [0.25, 0.3) is 0 Å². The molecule has 0 aromatic heterocycles. The van der Waals surface area contributed by atoms with E-state index in [4.69, 9.17) is 10.5 Å². The van der Waals surface area contributed by atoms with Crippen molar-refractivity contribution < 1.29 is 22.7 Å². The Kier molecular flexibility index (Phi) is 5.82. The number of ether oxygens (including phenoxy) is 1. The number of amides is 1. The number of benzene rings is 1. The molecule has 0 heterocycles. The monoisotopic (exact) mass is 318 g/mol. The first-order valence-electron chi connectivity index (χ1n) is 6.95. The van der Waals surface area contributed by atoms with Crippen LogP contribution >= 0.6 is 0 Å². The number of nitrogens with one attached hydrogen (secondary N) is 1. The summed E-state index contributed by atoms with van der Waals surface area (Å²) in [6.07, 6.45) is -3.09. The molecule has 0 aliphatic rings. The van der Waals surface area contributed by atoms with E-state index in [-0.39, 0.29) is 11.7 Å². The van der Waals surface area contributed by atoms with Gasteiger partial charge in [0.1, 0.15) is 5.75 Å². The number of halogens is 3. The lowest BCUT2D eigenvalue weighted by molar-refractivity contribution is -0.153. The minimum absolute atomic E-state index is 0.124. The van der Waals surface area contributed by atoms with Crippen LogP contribution in [0.5, 0.6) is 5.75 Å². The summed E-state index contributed by atoms with van der Waals surface area (Å²) in [6, 6.07) is 4.43. The van der Waals surface area contributed by atoms with Crippen molar-refractivity contribution in [2.75, 3.05) is 11.9 Å². The molecule has 1 rings (SSSR count). The molecule has 1 atom stereocenters. The molecule has 4 nitrogen and oxygen atoms in total. The van der Waals surface area contributed by atoms with Crippen LogP contribution in [-0.2, 0) is 4.79 Å². The smallest absolute Gasteiger partial charge is 0.422 e. The van der Waals surface area contributed by atoms with Crippen molar-refractivity contribution >= 4 is 11.6 Å². The van der Waals surface area contributed by atoms with Crippen LogP contribution in [-0.4, -0.2) is 24.2 Å². The van der Waals surface area contributed by atoms with Gasteiger partial charge in [0.05, 0.1) is 5.54 Å². The van der Waals surface area contributed by atoms with E-state index in [9.17, 15) is 18.0 Å². The lowest BCUT2D eigenvalue weighted by atomic mass is 9.96. The average molecular weight is 318 g/mol. The van der Waals surface area contributed by atoms with E-state index in [2.05, 4.69) is 5.32 Å². The third-order valence-corrected chi connectivity index (χ3v) is 3.11. The Balaban J connectivity index is 2.75. The van der Waals surface area contributed by atoms with Crippen LogP contribution in [0.3, 0.4) is 0 Å². The van der Waals surface area contributed by atoms with Crippen LogP contribution in [0.1, 0.15) is 32.3 Å². The van der Waals surface area contributed by atoms with Gasteiger partial charge < -0.3 is 15.8 Å². The van der Waals surface area contributed by atoms with Gasteiger partial charge in [-0.05, 0) is 44.0 Å². The topological polar surface area (TPSA) is 64.4 Å². The van der Waals surface area contributed by atoms with E-state index >= 15 is 0 Å². The van der Waals surface area contributed by atoms with Gasteiger partial charge in [0.15, 0.2) is 6.61 Å². The van der Waals surface area contributed by atoms with Crippen molar-refractivity contribution in [3.63, 3.8) is 0 Å². The predicted molar refractivity (Wildman–Crippen MR) is 78.9 cm³/mol. The van der Waals surface area contributed by atoms with Crippen molar-refractivity contribution in [1.29, 1.82) is 0 Å². The van der Waals surface area contributed by atoms with Gasteiger partial charge >= 0.3 is 6.18 Å². The molecule has 0 saturated carbocycles. The van der Waals surface area contributed by atoms with Gasteiger partial charge in [0, 0.05) is 5.69 Å². The Morgan fingerprint density at radius 3 is 2.50 bits per heavy atom. The molecule has 0 saturated heterocycles. The Morgan fingerprint density at radius 2 is 2.00 bits per heavy atom. The normalized spacial score (nSPS) is 14.3. The number of alkyl halides is 3. The molecule has 22 heavy (non-hydrogen) atoms. The van der Waals surface area contributed by atoms with E-state index in [1.807, 2.05) is 6.92 Å². The standard InChI is InChI=1S/C15H21F3N2O2/c1-4-7-14(3,19)13(21)20-11-5-6-12(10(2)8-11)22-9-15(16,17)18/h5-6,8H,4,7,9,19H2,1-3H3,(H,20,21). The van der Waals surface area contributed by atoms with E-state index in [1.165, 1.54) is 12.1 Å². The van der Waals surface area contributed by atoms with Crippen LogP contribution in [0.2, 0.25) is 0 Å². The number of hydrogen-bond donors (Lipinski definition) is 2. The first-order valence-corrected chi connectivity index (χ1v) is 6.95. The Morgan fingerprint density at radius 1 is 1.36 bits per heavy atom. The summed E-state index contributed by atoms with van der Waals surface area (Å²) in [5.74, 6) is -0.211. The van der Waals surface area contributed by atoms with Crippen molar-refractivity contribution in [1.82, 2.24) is 0 Å². The maximum absolute atomic E-state index is 12.1. The number of aryl methyl sites for hydroxylation is 1. The number of nitrogens with two attached hydrogens (primary N) is 1. The molecule has 0 fully saturated rings. The fourth-order valence-electron chi connectivity index (χ4n) is 1.96. The maximum Gasteiger partial charge on any atom is 0.422 e. The molecule has 0 aliphatic carbocycles. The minimum Gasteiger partial charge on any atom is -0.484 e. The van der Waals surface area contributed by atoms with E-state index in [1.54, 1.807) is 19.9 Å². The fraction of sp³-hybridized carbons (Fsp3) is 0.533. The molecule has 1 amide bonds. The molecule has 7 heteroatoms. The highest BCUT2D eigenvalue weighted by Gasteiger charge is 2.29. The van der Waals surface area contributed by atoms with Crippen molar-refractivity contribution in [2.24, 2.45) is 5.73 Å². The zero-order valence-corrected chi connectivity index (χ0v) is 12.9. The SMILES string of the molecule is CCCC(C)(N)C(=O)Nc1ccc(OCC(F)(F)F)c(C)c1.